The Hall–Kier alpha value is -3.20. The van der Waals surface area contributed by atoms with Crippen molar-refractivity contribution >= 4 is 63.7 Å². The van der Waals surface area contributed by atoms with Crippen LogP contribution < -0.4 is 0 Å². The Morgan fingerprint density at radius 3 is 2.43 bits per heavy atom. The number of carboxylic acid groups (broad SMARTS) is 1. The number of aryl methyl sites for hydroxylation is 1. The molecule has 2 heterocycles. The molecule has 0 aliphatic carbocycles. The Balaban J connectivity index is 1.98. The third kappa shape index (κ3) is 4.57. The number of benzene rings is 2. The van der Waals surface area contributed by atoms with Crippen molar-refractivity contribution in [2.24, 2.45) is 0 Å². The number of fused-ring (bicyclic) bond motifs is 1. The lowest BCUT2D eigenvalue weighted by Gasteiger charge is -2.12. The number of aliphatic carboxylic acids is 1. The number of alkyl halides is 2. The number of carbonyl (C=O) groups is 2. The molecular weight excluding hydrogens is 525 g/mol. The van der Waals surface area contributed by atoms with E-state index in [1.54, 1.807) is 25.1 Å². The second-order valence-electron chi connectivity index (χ2n) is 7.77. The Kier molecular flexibility index (Phi) is 6.48. The zero-order valence-electron chi connectivity index (χ0n) is 18.1. The summed E-state index contributed by atoms with van der Waals surface area (Å²) < 4.78 is 35.1. The number of halogens is 5. The van der Waals surface area contributed by atoms with Crippen LogP contribution in [0.4, 0.5) is 8.78 Å². The van der Waals surface area contributed by atoms with Gasteiger partial charge in [-0.3, -0.25) is 9.36 Å². The monoisotopic (exact) mass is 538 g/mol. The van der Waals surface area contributed by atoms with Crippen LogP contribution in [0.2, 0.25) is 15.1 Å². The Bertz CT molecular complexity index is 1510. The van der Waals surface area contributed by atoms with Crippen molar-refractivity contribution in [3.8, 4) is 11.3 Å². The maximum Gasteiger partial charge on any atom is 0.328 e. The van der Waals surface area contributed by atoms with Gasteiger partial charge in [-0.05, 0) is 42.3 Å². The summed E-state index contributed by atoms with van der Waals surface area (Å²) >= 11 is 18.5. The molecule has 2 aromatic heterocycles. The van der Waals surface area contributed by atoms with Crippen LogP contribution in [0.5, 0.6) is 0 Å². The molecule has 0 bridgehead atoms. The molecule has 0 unspecified atom stereocenters. The first kappa shape index (κ1) is 24.9. The summed E-state index contributed by atoms with van der Waals surface area (Å²) in [6.45, 7) is 2.29. The molecule has 4 rings (SSSR count). The predicted octanol–water partition coefficient (Wildman–Crippen LogP) is 7.46. The summed E-state index contributed by atoms with van der Waals surface area (Å²) in [5, 5.41) is 13.5. The lowest BCUT2D eigenvalue weighted by atomic mass is 10.0. The molecule has 6 nitrogen and oxygen atoms in total. The van der Waals surface area contributed by atoms with E-state index in [2.05, 4.69) is 5.16 Å². The standard InChI is InChI=1S/C24H15Cl3F2N2O4/c1-11-10-31(16-5-3-4-12(18(11)16)6-7-17(32)33)23(34)20-21(30-35-22(20)24(2,28)29)19-14(26)8-13(25)9-15(19)27/h3-10H,1-2H3,(H,32,33)/b7-6+. The highest BCUT2D eigenvalue weighted by atomic mass is 35.5. The van der Waals surface area contributed by atoms with E-state index in [0.717, 1.165) is 6.08 Å². The summed E-state index contributed by atoms with van der Waals surface area (Å²) in [4.78, 5) is 24.7. The second-order valence-corrected chi connectivity index (χ2v) is 9.02. The third-order valence-corrected chi connectivity index (χ3v) is 6.04. The molecule has 0 spiro atoms. The zero-order valence-corrected chi connectivity index (χ0v) is 20.3. The number of rotatable bonds is 5. The van der Waals surface area contributed by atoms with Gasteiger partial charge in [0.25, 0.3) is 5.91 Å². The topological polar surface area (TPSA) is 85.3 Å². The molecule has 0 saturated heterocycles. The minimum absolute atomic E-state index is 0.00883. The van der Waals surface area contributed by atoms with Gasteiger partial charge in [0.2, 0.25) is 5.76 Å². The normalized spacial score (nSPS) is 12.1. The van der Waals surface area contributed by atoms with Gasteiger partial charge in [-0.15, -0.1) is 0 Å². The van der Waals surface area contributed by atoms with Crippen LogP contribution in [-0.4, -0.2) is 26.7 Å². The van der Waals surface area contributed by atoms with Crippen molar-refractivity contribution in [3.05, 3.63) is 80.1 Å². The molecule has 1 N–H and O–H groups in total. The van der Waals surface area contributed by atoms with Crippen LogP contribution in [0.25, 0.3) is 28.2 Å². The number of carbonyl (C=O) groups excluding carboxylic acids is 1. The van der Waals surface area contributed by atoms with E-state index in [1.807, 2.05) is 0 Å². The maximum absolute atomic E-state index is 14.5. The van der Waals surface area contributed by atoms with E-state index in [4.69, 9.17) is 44.4 Å². The molecule has 0 aliphatic heterocycles. The van der Waals surface area contributed by atoms with Gasteiger partial charge in [0.15, 0.2) is 0 Å². The smallest absolute Gasteiger partial charge is 0.328 e. The summed E-state index contributed by atoms with van der Waals surface area (Å²) in [5.74, 6) is -6.52. The van der Waals surface area contributed by atoms with Crippen molar-refractivity contribution in [1.29, 1.82) is 0 Å². The second kappa shape index (κ2) is 9.11. The minimum Gasteiger partial charge on any atom is -0.478 e. The van der Waals surface area contributed by atoms with E-state index in [-0.39, 0.29) is 26.3 Å². The third-order valence-electron chi connectivity index (χ3n) is 5.22. The predicted molar refractivity (Wildman–Crippen MR) is 130 cm³/mol. The first-order valence-electron chi connectivity index (χ1n) is 9.99. The van der Waals surface area contributed by atoms with Gasteiger partial charge in [0.05, 0.1) is 15.6 Å². The fraction of sp³-hybridized carbons (Fsp3) is 0.125. The summed E-state index contributed by atoms with van der Waals surface area (Å²) in [6.07, 6.45) is 3.81. The number of hydrogen-bond donors (Lipinski definition) is 1. The van der Waals surface area contributed by atoms with E-state index in [0.29, 0.717) is 29.0 Å². The average molecular weight is 540 g/mol. The SMILES string of the molecule is Cc1cn(C(=O)c2c(-c3c(Cl)cc(Cl)cc3Cl)noc2C(C)(F)F)c2cccc(/C=C/C(=O)O)c12. The van der Waals surface area contributed by atoms with Crippen molar-refractivity contribution in [3.63, 3.8) is 0 Å². The summed E-state index contributed by atoms with van der Waals surface area (Å²) in [7, 11) is 0. The Morgan fingerprint density at radius 2 is 1.83 bits per heavy atom. The van der Waals surface area contributed by atoms with Crippen LogP contribution in [0, 0.1) is 6.92 Å². The number of nitrogens with zero attached hydrogens (tertiary/aromatic N) is 2. The van der Waals surface area contributed by atoms with E-state index in [1.165, 1.54) is 29.0 Å². The number of carboxylic acids is 1. The molecule has 0 aliphatic rings. The van der Waals surface area contributed by atoms with Crippen LogP contribution >= 0.6 is 34.8 Å². The lowest BCUT2D eigenvalue weighted by Crippen LogP contribution is -2.18. The molecule has 0 saturated carbocycles. The lowest BCUT2D eigenvalue weighted by molar-refractivity contribution is -0.131. The van der Waals surface area contributed by atoms with Gasteiger partial charge >= 0.3 is 11.9 Å². The molecule has 180 valence electrons. The minimum atomic E-state index is -3.56. The first-order chi connectivity index (χ1) is 16.4. The molecule has 35 heavy (non-hydrogen) atoms. The Morgan fingerprint density at radius 1 is 1.17 bits per heavy atom. The van der Waals surface area contributed by atoms with Gasteiger partial charge in [0, 0.05) is 35.2 Å². The quantitative estimate of drug-likeness (QED) is 0.266. The van der Waals surface area contributed by atoms with Gasteiger partial charge in [-0.1, -0.05) is 52.1 Å². The molecule has 0 fully saturated rings. The summed E-state index contributed by atoms with van der Waals surface area (Å²) in [5.41, 5.74) is 0.741. The van der Waals surface area contributed by atoms with Crippen molar-refractivity contribution in [1.82, 2.24) is 9.72 Å². The van der Waals surface area contributed by atoms with Crippen molar-refractivity contribution in [2.45, 2.75) is 19.8 Å². The fourth-order valence-corrected chi connectivity index (χ4v) is 4.83. The van der Waals surface area contributed by atoms with E-state index in [9.17, 15) is 18.4 Å². The first-order valence-corrected chi connectivity index (χ1v) is 11.1. The Labute approximate surface area is 212 Å². The summed E-state index contributed by atoms with van der Waals surface area (Å²) in [6, 6.07) is 7.58. The van der Waals surface area contributed by atoms with Gasteiger partial charge < -0.3 is 9.63 Å². The number of aromatic nitrogens is 2. The number of hydrogen-bond acceptors (Lipinski definition) is 4. The van der Waals surface area contributed by atoms with Gasteiger partial charge in [-0.25, -0.2) is 4.79 Å². The molecular formula is C24H15Cl3F2N2O4. The molecule has 11 heteroatoms. The van der Waals surface area contributed by atoms with Crippen LogP contribution in [0.15, 0.2) is 47.1 Å². The van der Waals surface area contributed by atoms with E-state index >= 15 is 0 Å². The molecule has 2 aromatic carbocycles. The molecule has 0 radical (unpaired) electrons. The van der Waals surface area contributed by atoms with E-state index < -0.39 is 29.1 Å². The molecule has 0 amide bonds. The highest BCUT2D eigenvalue weighted by Gasteiger charge is 2.40. The molecule has 4 aromatic rings. The maximum atomic E-state index is 14.5. The van der Waals surface area contributed by atoms with Crippen LogP contribution in [0.1, 0.15) is 34.2 Å². The van der Waals surface area contributed by atoms with Crippen LogP contribution in [0.3, 0.4) is 0 Å². The highest BCUT2D eigenvalue weighted by molar-refractivity contribution is 6.42. The largest absolute Gasteiger partial charge is 0.478 e. The van der Waals surface area contributed by atoms with Gasteiger partial charge in [0.1, 0.15) is 11.3 Å². The van der Waals surface area contributed by atoms with Crippen molar-refractivity contribution in [2.75, 3.05) is 0 Å². The van der Waals surface area contributed by atoms with Crippen molar-refractivity contribution < 1.29 is 28.0 Å². The average Bonchev–Trinajstić information content (AvgIpc) is 3.33. The highest BCUT2D eigenvalue weighted by Crippen LogP contribution is 2.42. The molecule has 0 atom stereocenters. The van der Waals surface area contributed by atoms with Crippen LogP contribution in [-0.2, 0) is 10.7 Å². The zero-order chi connectivity index (χ0) is 25.7. The fourth-order valence-electron chi connectivity index (χ4n) is 3.83. The van der Waals surface area contributed by atoms with Gasteiger partial charge in [-0.2, -0.15) is 8.78 Å².